The van der Waals surface area contributed by atoms with Crippen LogP contribution in [0.25, 0.3) is 0 Å². The minimum absolute atomic E-state index is 0.352. The molecular formula is C17H32O4. The summed E-state index contributed by atoms with van der Waals surface area (Å²) in [6.07, 6.45) is 7.08. The van der Waals surface area contributed by atoms with Gasteiger partial charge in [-0.1, -0.05) is 53.4 Å². The van der Waals surface area contributed by atoms with Crippen molar-refractivity contribution in [3.8, 4) is 0 Å². The molecule has 0 amide bonds. The molecule has 0 atom stereocenters. The van der Waals surface area contributed by atoms with Crippen LogP contribution in [-0.2, 0) is 19.1 Å². The average Bonchev–Trinajstić information content (AvgIpc) is 2.50. The molecule has 0 aliphatic heterocycles. The average molecular weight is 300 g/mol. The summed E-state index contributed by atoms with van der Waals surface area (Å²) in [6.45, 7) is 8.51. The second-order valence-electron chi connectivity index (χ2n) is 5.48. The summed E-state index contributed by atoms with van der Waals surface area (Å²) in [5, 5.41) is 0. The number of carbonyl (C=O) groups excluding carboxylic acids is 2. The van der Waals surface area contributed by atoms with Gasteiger partial charge < -0.3 is 9.47 Å². The van der Waals surface area contributed by atoms with Gasteiger partial charge in [0.15, 0.2) is 5.41 Å². The van der Waals surface area contributed by atoms with Crippen LogP contribution >= 0.6 is 0 Å². The Morgan fingerprint density at radius 1 is 0.714 bits per heavy atom. The van der Waals surface area contributed by atoms with Gasteiger partial charge in [0.2, 0.25) is 0 Å². The number of rotatable bonds is 12. The number of esters is 2. The van der Waals surface area contributed by atoms with Gasteiger partial charge in [-0.05, 0) is 25.7 Å². The lowest BCUT2D eigenvalue weighted by atomic mass is 9.82. The minimum atomic E-state index is -1.13. The third-order valence-corrected chi connectivity index (χ3v) is 3.91. The molecular weight excluding hydrogens is 268 g/mol. The van der Waals surface area contributed by atoms with E-state index >= 15 is 0 Å². The summed E-state index contributed by atoms with van der Waals surface area (Å²) in [6, 6.07) is 0. The lowest BCUT2D eigenvalue weighted by molar-refractivity contribution is -0.173. The summed E-state index contributed by atoms with van der Waals surface area (Å²) >= 11 is 0. The van der Waals surface area contributed by atoms with Crippen molar-refractivity contribution in [3.63, 3.8) is 0 Å². The molecule has 21 heavy (non-hydrogen) atoms. The normalized spacial score (nSPS) is 11.2. The Kier molecular flexibility index (Phi) is 11.0. The van der Waals surface area contributed by atoms with Crippen molar-refractivity contribution in [3.05, 3.63) is 0 Å². The molecule has 0 heterocycles. The second kappa shape index (κ2) is 11.6. The first kappa shape index (κ1) is 19.9. The van der Waals surface area contributed by atoms with Gasteiger partial charge in [0.05, 0.1) is 13.2 Å². The summed E-state index contributed by atoms with van der Waals surface area (Å²) in [4.78, 5) is 24.5. The standard InChI is InChI=1S/C17H32O4/c1-5-9-10-11-12-14-21-16(19)17(7-3,8-4)15(18)20-13-6-2/h5-14H2,1-4H3. The molecule has 0 aliphatic carbocycles. The molecule has 0 saturated carbocycles. The Morgan fingerprint density at radius 3 is 1.71 bits per heavy atom. The monoisotopic (exact) mass is 300 g/mol. The third-order valence-electron chi connectivity index (χ3n) is 3.91. The molecule has 0 rings (SSSR count). The van der Waals surface area contributed by atoms with E-state index in [1.807, 2.05) is 20.8 Å². The van der Waals surface area contributed by atoms with Crippen LogP contribution in [-0.4, -0.2) is 25.2 Å². The molecule has 0 aromatic heterocycles. The van der Waals surface area contributed by atoms with Crippen LogP contribution in [0.3, 0.4) is 0 Å². The molecule has 0 spiro atoms. The zero-order chi connectivity index (χ0) is 16.1. The molecule has 0 aromatic carbocycles. The highest BCUT2D eigenvalue weighted by Crippen LogP contribution is 2.30. The van der Waals surface area contributed by atoms with E-state index in [1.54, 1.807) is 0 Å². The molecule has 0 fully saturated rings. The van der Waals surface area contributed by atoms with E-state index in [0.717, 1.165) is 19.3 Å². The maximum absolute atomic E-state index is 12.3. The van der Waals surface area contributed by atoms with Crippen molar-refractivity contribution >= 4 is 11.9 Å². The first-order valence-electron chi connectivity index (χ1n) is 8.43. The zero-order valence-electron chi connectivity index (χ0n) is 14.2. The Hall–Kier alpha value is -1.06. The van der Waals surface area contributed by atoms with Crippen LogP contribution in [0.2, 0.25) is 0 Å². The smallest absolute Gasteiger partial charge is 0.323 e. The predicted octanol–water partition coefficient (Wildman–Crippen LogP) is 4.26. The van der Waals surface area contributed by atoms with Gasteiger partial charge in [-0.2, -0.15) is 0 Å². The van der Waals surface area contributed by atoms with Gasteiger partial charge in [-0.15, -0.1) is 0 Å². The summed E-state index contributed by atoms with van der Waals surface area (Å²) < 4.78 is 10.5. The lowest BCUT2D eigenvalue weighted by Crippen LogP contribution is -2.41. The molecule has 0 radical (unpaired) electrons. The third kappa shape index (κ3) is 6.49. The number of hydrogen-bond donors (Lipinski definition) is 0. The van der Waals surface area contributed by atoms with Crippen molar-refractivity contribution in [1.29, 1.82) is 0 Å². The van der Waals surface area contributed by atoms with E-state index in [1.165, 1.54) is 19.3 Å². The summed E-state index contributed by atoms with van der Waals surface area (Å²) in [5.41, 5.74) is -1.13. The highest BCUT2D eigenvalue weighted by molar-refractivity contribution is 5.99. The van der Waals surface area contributed by atoms with Gasteiger partial charge >= 0.3 is 11.9 Å². The van der Waals surface area contributed by atoms with Crippen LogP contribution in [0.4, 0.5) is 0 Å². The maximum Gasteiger partial charge on any atom is 0.323 e. The largest absolute Gasteiger partial charge is 0.465 e. The predicted molar refractivity (Wildman–Crippen MR) is 84.0 cm³/mol. The summed E-state index contributed by atoms with van der Waals surface area (Å²) in [7, 11) is 0. The van der Waals surface area contributed by atoms with Crippen LogP contribution in [0.1, 0.15) is 79.1 Å². The molecule has 4 heteroatoms. The quantitative estimate of drug-likeness (QED) is 0.307. The van der Waals surface area contributed by atoms with E-state index in [0.29, 0.717) is 26.1 Å². The van der Waals surface area contributed by atoms with Crippen molar-refractivity contribution in [2.75, 3.05) is 13.2 Å². The number of unbranched alkanes of at least 4 members (excludes halogenated alkanes) is 4. The number of carbonyl (C=O) groups is 2. The lowest BCUT2D eigenvalue weighted by Gasteiger charge is -2.26. The van der Waals surface area contributed by atoms with Gasteiger partial charge in [-0.3, -0.25) is 9.59 Å². The summed E-state index contributed by atoms with van der Waals surface area (Å²) in [5.74, 6) is -0.866. The van der Waals surface area contributed by atoms with Crippen LogP contribution in [0.15, 0.2) is 0 Å². The van der Waals surface area contributed by atoms with Crippen LogP contribution < -0.4 is 0 Å². The van der Waals surface area contributed by atoms with Gasteiger partial charge in [0, 0.05) is 0 Å². The molecule has 0 aliphatic rings. The first-order chi connectivity index (χ1) is 10.1. The molecule has 0 bridgehead atoms. The minimum Gasteiger partial charge on any atom is -0.465 e. The SMILES string of the molecule is CCCCCCCOC(=O)C(CC)(CC)C(=O)OCCC. The number of ether oxygens (including phenoxy) is 2. The van der Waals surface area contributed by atoms with E-state index in [-0.39, 0.29) is 0 Å². The Balaban J connectivity index is 4.37. The Labute approximate surface area is 129 Å². The first-order valence-corrected chi connectivity index (χ1v) is 8.43. The fourth-order valence-electron chi connectivity index (χ4n) is 2.25. The zero-order valence-corrected chi connectivity index (χ0v) is 14.2. The maximum atomic E-state index is 12.3. The van der Waals surface area contributed by atoms with E-state index in [9.17, 15) is 9.59 Å². The fourth-order valence-corrected chi connectivity index (χ4v) is 2.25. The topological polar surface area (TPSA) is 52.6 Å². The van der Waals surface area contributed by atoms with Crippen LogP contribution in [0.5, 0.6) is 0 Å². The van der Waals surface area contributed by atoms with Crippen LogP contribution in [0, 0.1) is 5.41 Å². The van der Waals surface area contributed by atoms with Gasteiger partial charge in [0.1, 0.15) is 0 Å². The Morgan fingerprint density at radius 2 is 1.24 bits per heavy atom. The van der Waals surface area contributed by atoms with E-state index in [4.69, 9.17) is 9.47 Å². The van der Waals surface area contributed by atoms with Crippen molar-refractivity contribution in [1.82, 2.24) is 0 Å². The van der Waals surface area contributed by atoms with E-state index < -0.39 is 17.4 Å². The fraction of sp³-hybridized carbons (Fsp3) is 0.882. The van der Waals surface area contributed by atoms with Crippen molar-refractivity contribution in [2.45, 2.75) is 79.1 Å². The Bertz CT molecular complexity index is 295. The van der Waals surface area contributed by atoms with Crippen molar-refractivity contribution in [2.24, 2.45) is 5.41 Å². The molecule has 0 unspecified atom stereocenters. The van der Waals surface area contributed by atoms with Crippen molar-refractivity contribution < 1.29 is 19.1 Å². The highest BCUT2D eigenvalue weighted by atomic mass is 16.6. The second-order valence-corrected chi connectivity index (χ2v) is 5.48. The molecule has 0 saturated heterocycles. The molecule has 124 valence electrons. The molecule has 0 aromatic rings. The van der Waals surface area contributed by atoms with E-state index in [2.05, 4.69) is 6.92 Å². The molecule has 0 N–H and O–H groups in total. The highest BCUT2D eigenvalue weighted by Gasteiger charge is 2.45. The number of hydrogen-bond acceptors (Lipinski definition) is 4. The van der Waals surface area contributed by atoms with Gasteiger partial charge in [-0.25, -0.2) is 0 Å². The van der Waals surface area contributed by atoms with Gasteiger partial charge in [0.25, 0.3) is 0 Å². The molecule has 4 nitrogen and oxygen atoms in total.